The van der Waals surface area contributed by atoms with Crippen LogP contribution in [0.1, 0.15) is 42.5 Å². The molecule has 0 unspecified atom stereocenters. The summed E-state index contributed by atoms with van der Waals surface area (Å²) in [6.07, 6.45) is 8.52. The van der Waals surface area contributed by atoms with Crippen LogP contribution >= 0.6 is 0 Å². The highest BCUT2D eigenvalue weighted by Gasteiger charge is 2.42. The van der Waals surface area contributed by atoms with Gasteiger partial charge in [-0.15, -0.1) is 0 Å². The van der Waals surface area contributed by atoms with Crippen LogP contribution in [0.25, 0.3) is 11.1 Å². The molecule has 1 fully saturated rings. The molecule has 0 radical (unpaired) electrons. The van der Waals surface area contributed by atoms with Gasteiger partial charge in [-0.3, -0.25) is 4.98 Å². The van der Waals surface area contributed by atoms with Gasteiger partial charge in [-0.05, 0) is 43.0 Å². The Morgan fingerprint density at radius 3 is 2.17 bits per heavy atom. The first-order valence-corrected chi connectivity index (χ1v) is 9.75. The summed E-state index contributed by atoms with van der Waals surface area (Å²) in [4.78, 5) is 12.4. The third kappa shape index (κ3) is 3.66. The zero-order chi connectivity index (χ0) is 20.4. The predicted octanol–water partition coefficient (Wildman–Crippen LogP) is 4.33. The van der Waals surface area contributed by atoms with Gasteiger partial charge in [-0.25, -0.2) is 9.97 Å². The largest absolute Gasteiger partial charge is 0.368 e. The molecule has 6 nitrogen and oxygen atoms in total. The van der Waals surface area contributed by atoms with Gasteiger partial charge in [0.1, 0.15) is 0 Å². The van der Waals surface area contributed by atoms with Crippen LogP contribution in [0.2, 0.25) is 0 Å². The molecule has 4 N–H and O–H groups in total. The van der Waals surface area contributed by atoms with E-state index in [4.69, 9.17) is 16.6 Å². The lowest BCUT2D eigenvalue weighted by atomic mass is 9.60. The molecule has 1 aromatic carbocycles. The Hall–Kier alpha value is -3.41. The van der Waals surface area contributed by atoms with Crippen LogP contribution in [0.4, 0.5) is 5.95 Å². The Morgan fingerprint density at radius 2 is 1.62 bits per heavy atom. The van der Waals surface area contributed by atoms with Gasteiger partial charge in [0.05, 0.1) is 0 Å². The quantitative estimate of drug-likeness (QED) is 0.549. The standard InChI is InChI=1S/C23H24N6/c1-15-3-4-17(12-27-15)20(24)11-21(25)23(9-2-10-23)19-7-5-16(6-8-19)18-13-28-22(26)29-14-18/h3-8,12-14,24-25H,2,9-11H2,1H3,(H2,26,28,29). The van der Waals surface area contributed by atoms with Crippen molar-refractivity contribution in [2.75, 3.05) is 5.73 Å². The summed E-state index contributed by atoms with van der Waals surface area (Å²) in [6, 6.07) is 12.1. The number of aromatic nitrogens is 3. The second-order valence-corrected chi connectivity index (χ2v) is 7.67. The minimum Gasteiger partial charge on any atom is -0.368 e. The number of rotatable bonds is 6. The van der Waals surface area contributed by atoms with E-state index >= 15 is 0 Å². The molecule has 0 spiro atoms. The lowest BCUT2D eigenvalue weighted by molar-refractivity contribution is 0.336. The first-order valence-electron chi connectivity index (χ1n) is 9.75. The van der Waals surface area contributed by atoms with Crippen molar-refractivity contribution in [2.45, 2.75) is 38.0 Å². The minimum atomic E-state index is -0.263. The van der Waals surface area contributed by atoms with Gasteiger partial charge < -0.3 is 16.6 Å². The van der Waals surface area contributed by atoms with Crippen molar-refractivity contribution < 1.29 is 0 Å². The second kappa shape index (κ2) is 7.54. The zero-order valence-electron chi connectivity index (χ0n) is 16.4. The fraction of sp³-hybridized carbons (Fsp3) is 0.261. The topological polar surface area (TPSA) is 112 Å². The molecule has 2 heterocycles. The van der Waals surface area contributed by atoms with Gasteiger partial charge in [0.2, 0.25) is 5.95 Å². The van der Waals surface area contributed by atoms with E-state index in [9.17, 15) is 0 Å². The Balaban J connectivity index is 1.53. The molecule has 1 aliphatic carbocycles. The molecule has 146 valence electrons. The molecule has 1 aliphatic rings. The fourth-order valence-corrected chi connectivity index (χ4v) is 3.86. The van der Waals surface area contributed by atoms with Crippen LogP contribution in [-0.4, -0.2) is 26.4 Å². The molecule has 29 heavy (non-hydrogen) atoms. The smallest absolute Gasteiger partial charge is 0.219 e. The maximum atomic E-state index is 8.80. The highest BCUT2D eigenvalue weighted by atomic mass is 15.0. The highest BCUT2D eigenvalue weighted by molar-refractivity contribution is 6.13. The number of aryl methyl sites for hydroxylation is 1. The molecule has 0 aliphatic heterocycles. The maximum Gasteiger partial charge on any atom is 0.219 e. The summed E-state index contributed by atoms with van der Waals surface area (Å²) in [5.41, 5.74) is 11.2. The summed E-state index contributed by atoms with van der Waals surface area (Å²) in [5.74, 6) is 0.262. The number of benzene rings is 1. The van der Waals surface area contributed by atoms with Crippen LogP contribution in [-0.2, 0) is 5.41 Å². The monoisotopic (exact) mass is 384 g/mol. The first-order chi connectivity index (χ1) is 14.0. The molecule has 0 saturated heterocycles. The number of hydrogen-bond donors (Lipinski definition) is 3. The van der Waals surface area contributed by atoms with E-state index in [2.05, 4.69) is 27.1 Å². The first kappa shape index (κ1) is 18.9. The molecule has 2 aromatic heterocycles. The van der Waals surface area contributed by atoms with Crippen molar-refractivity contribution in [3.63, 3.8) is 0 Å². The fourth-order valence-electron chi connectivity index (χ4n) is 3.86. The van der Waals surface area contributed by atoms with E-state index in [0.717, 1.165) is 47.2 Å². The normalized spacial score (nSPS) is 14.8. The number of nitrogens with two attached hydrogens (primary N) is 1. The zero-order valence-corrected chi connectivity index (χ0v) is 16.4. The molecule has 3 aromatic rings. The summed E-state index contributed by atoms with van der Waals surface area (Å²) in [5, 5.41) is 17.2. The van der Waals surface area contributed by atoms with Gasteiger partial charge in [0.15, 0.2) is 0 Å². The van der Waals surface area contributed by atoms with E-state index in [1.54, 1.807) is 18.6 Å². The SMILES string of the molecule is Cc1ccc(C(=N)CC(=N)C2(c3ccc(-c4cnc(N)nc4)cc3)CCC2)cn1. The van der Waals surface area contributed by atoms with Gasteiger partial charge >= 0.3 is 0 Å². The summed E-state index contributed by atoms with van der Waals surface area (Å²) in [7, 11) is 0. The molecular weight excluding hydrogens is 360 g/mol. The molecule has 6 heteroatoms. The number of anilines is 1. The van der Waals surface area contributed by atoms with Crippen LogP contribution in [0.5, 0.6) is 0 Å². The van der Waals surface area contributed by atoms with Gasteiger partial charge in [0, 0.05) is 58.7 Å². The van der Waals surface area contributed by atoms with Gasteiger partial charge in [-0.2, -0.15) is 0 Å². The Bertz CT molecular complexity index is 1030. The number of hydrogen-bond acceptors (Lipinski definition) is 6. The average Bonchev–Trinajstić information content (AvgIpc) is 2.69. The summed E-state index contributed by atoms with van der Waals surface area (Å²) >= 11 is 0. The van der Waals surface area contributed by atoms with E-state index in [-0.39, 0.29) is 11.4 Å². The van der Waals surface area contributed by atoms with Crippen molar-refractivity contribution in [3.8, 4) is 11.1 Å². The van der Waals surface area contributed by atoms with Crippen molar-refractivity contribution in [2.24, 2.45) is 0 Å². The number of nitrogens with zero attached hydrogens (tertiary/aromatic N) is 3. The lowest BCUT2D eigenvalue weighted by Gasteiger charge is -2.43. The van der Waals surface area contributed by atoms with E-state index in [1.807, 2.05) is 31.2 Å². The molecule has 0 atom stereocenters. The summed E-state index contributed by atoms with van der Waals surface area (Å²) in [6.45, 7) is 1.93. The molecule has 0 bridgehead atoms. The molecular formula is C23H24N6. The number of nitrogen functional groups attached to an aromatic ring is 1. The lowest BCUT2D eigenvalue weighted by Crippen LogP contribution is -2.43. The van der Waals surface area contributed by atoms with Crippen molar-refractivity contribution in [1.29, 1.82) is 10.8 Å². The van der Waals surface area contributed by atoms with Gasteiger partial charge in [-0.1, -0.05) is 30.7 Å². The minimum absolute atomic E-state index is 0.262. The van der Waals surface area contributed by atoms with Crippen LogP contribution < -0.4 is 5.73 Å². The molecule has 0 amide bonds. The third-order valence-electron chi connectivity index (χ3n) is 5.84. The van der Waals surface area contributed by atoms with Crippen molar-refractivity contribution in [1.82, 2.24) is 15.0 Å². The number of pyridine rings is 1. The number of nitrogens with one attached hydrogen (secondary N) is 2. The highest BCUT2D eigenvalue weighted by Crippen LogP contribution is 2.46. The average molecular weight is 384 g/mol. The Morgan fingerprint density at radius 1 is 0.931 bits per heavy atom. The Labute approximate surface area is 170 Å². The molecule has 1 saturated carbocycles. The maximum absolute atomic E-state index is 8.80. The van der Waals surface area contributed by atoms with Crippen LogP contribution in [0, 0.1) is 17.7 Å². The van der Waals surface area contributed by atoms with E-state index in [1.165, 1.54) is 0 Å². The van der Waals surface area contributed by atoms with E-state index in [0.29, 0.717) is 17.8 Å². The summed E-state index contributed by atoms with van der Waals surface area (Å²) < 4.78 is 0. The van der Waals surface area contributed by atoms with Crippen molar-refractivity contribution in [3.05, 3.63) is 71.8 Å². The van der Waals surface area contributed by atoms with Crippen LogP contribution in [0.3, 0.4) is 0 Å². The molecule has 4 rings (SSSR count). The van der Waals surface area contributed by atoms with E-state index < -0.39 is 0 Å². The second-order valence-electron chi connectivity index (χ2n) is 7.67. The van der Waals surface area contributed by atoms with Gasteiger partial charge in [0.25, 0.3) is 0 Å². The van der Waals surface area contributed by atoms with Crippen LogP contribution in [0.15, 0.2) is 55.0 Å². The predicted molar refractivity (Wildman–Crippen MR) is 116 cm³/mol. The third-order valence-corrected chi connectivity index (χ3v) is 5.84. The Kier molecular flexibility index (Phi) is 4.92. The van der Waals surface area contributed by atoms with Crippen molar-refractivity contribution >= 4 is 17.4 Å².